The molecule has 0 radical (unpaired) electrons. The number of nitrogens with one attached hydrogen (secondary N) is 1. The van der Waals surface area contributed by atoms with E-state index >= 15 is 0 Å². The number of H-pyrrole nitrogens is 1. The molecule has 1 heterocycles. The van der Waals surface area contributed by atoms with Crippen LogP contribution in [0, 0.1) is 10.1 Å². The summed E-state index contributed by atoms with van der Waals surface area (Å²) in [5.74, 6) is -0.999. The first-order chi connectivity index (χ1) is 10.5. The van der Waals surface area contributed by atoms with Crippen molar-refractivity contribution in [3.8, 4) is 0 Å². The maximum Gasteiger partial charge on any atom is 0.352 e. The van der Waals surface area contributed by atoms with Gasteiger partial charge >= 0.3 is 5.97 Å². The third kappa shape index (κ3) is 2.79. The number of rotatable bonds is 4. The molecule has 6 nitrogen and oxygen atoms in total. The summed E-state index contributed by atoms with van der Waals surface area (Å²) in [5, 5.41) is 20.4. The summed E-state index contributed by atoms with van der Waals surface area (Å²) in [6, 6.07) is 13.4. The quantitative estimate of drug-likeness (QED) is 0.562. The van der Waals surface area contributed by atoms with Crippen LogP contribution < -0.4 is 0 Å². The molecule has 0 aliphatic carbocycles. The van der Waals surface area contributed by atoms with Crippen LogP contribution in [0.5, 0.6) is 0 Å². The topological polar surface area (TPSA) is 96.2 Å². The van der Waals surface area contributed by atoms with Crippen molar-refractivity contribution in [3.63, 3.8) is 0 Å². The van der Waals surface area contributed by atoms with Gasteiger partial charge in [0, 0.05) is 32.8 Å². The minimum Gasteiger partial charge on any atom is -0.477 e. The van der Waals surface area contributed by atoms with Crippen molar-refractivity contribution >= 4 is 34.3 Å². The molecule has 0 spiro atoms. The number of fused-ring (bicyclic) bond motifs is 1. The maximum absolute atomic E-state index is 10.9. The lowest BCUT2D eigenvalue weighted by molar-refractivity contribution is -0.384. The third-order valence-electron chi connectivity index (χ3n) is 3.11. The van der Waals surface area contributed by atoms with Crippen LogP contribution in [0.3, 0.4) is 0 Å². The molecule has 1 aromatic heterocycles. The summed E-state index contributed by atoms with van der Waals surface area (Å²) >= 11 is 1.46. The van der Waals surface area contributed by atoms with Crippen molar-refractivity contribution < 1.29 is 14.8 Å². The average Bonchev–Trinajstić information content (AvgIpc) is 2.91. The van der Waals surface area contributed by atoms with E-state index in [1.807, 2.05) is 18.2 Å². The molecule has 110 valence electrons. The Bertz CT molecular complexity index is 871. The Balaban J connectivity index is 1.87. The third-order valence-corrected chi connectivity index (χ3v) is 4.10. The number of nitro benzene ring substituents is 1. The molecule has 0 aliphatic rings. The zero-order valence-corrected chi connectivity index (χ0v) is 12.0. The van der Waals surface area contributed by atoms with Gasteiger partial charge in [0.25, 0.3) is 5.69 Å². The predicted molar refractivity (Wildman–Crippen MR) is 82.5 cm³/mol. The number of non-ortho nitro benzene ring substituents is 1. The number of aromatic carboxylic acids is 1. The van der Waals surface area contributed by atoms with Gasteiger partial charge in [-0.2, -0.15) is 0 Å². The van der Waals surface area contributed by atoms with Gasteiger partial charge in [-0.15, -0.1) is 0 Å². The minimum absolute atomic E-state index is 0.0523. The van der Waals surface area contributed by atoms with Crippen LogP contribution in [0.4, 0.5) is 5.69 Å². The molecule has 0 aliphatic heterocycles. The van der Waals surface area contributed by atoms with Crippen LogP contribution in [0.15, 0.2) is 58.3 Å². The first-order valence-electron chi connectivity index (χ1n) is 6.31. The maximum atomic E-state index is 10.9. The van der Waals surface area contributed by atoms with Gasteiger partial charge in [0.2, 0.25) is 0 Å². The van der Waals surface area contributed by atoms with Crippen LogP contribution in [0.25, 0.3) is 10.9 Å². The molecule has 0 saturated carbocycles. The highest BCUT2D eigenvalue weighted by Gasteiger charge is 2.09. The van der Waals surface area contributed by atoms with Crippen molar-refractivity contribution in [3.05, 3.63) is 64.3 Å². The normalized spacial score (nSPS) is 10.7. The zero-order chi connectivity index (χ0) is 15.7. The molecule has 0 fully saturated rings. The SMILES string of the molecule is O=C(O)c1cc2cc(Sc3ccc([N+](=O)[O-])cc3)ccc2[nH]1. The Morgan fingerprint density at radius 2 is 1.77 bits per heavy atom. The number of nitro groups is 1. The van der Waals surface area contributed by atoms with E-state index in [9.17, 15) is 14.9 Å². The van der Waals surface area contributed by atoms with Crippen LogP contribution in [0.2, 0.25) is 0 Å². The number of carbonyl (C=O) groups is 1. The summed E-state index contributed by atoms with van der Waals surface area (Å²) in [6.45, 7) is 0. The largest absolute Gasteiger partial charge is 0.477 e. The van der Waals surface area contributed by atoms with E-state index in [-0.39, 0.29) is 11.4 Å². The molecule has 0 atom stereocenters. The first-order valence-corrected chi connectivity index (χ1v) is 7.13. The highest BCUT2D eigenvalue weighted by Crippen LogP contribution is 2.31. The second-order valence-electron chi connectivity index (χ2n) is 4.59. The van der Waals surface area contributed by atoms with E-state index < -0.39 is 10.9 Å². The standard InChI is InChI=1S/C15H10N2O4S/c18-15(19)14-8-9-7-12(5-6-13(9)16-14)22-11-3-1-10(2-4-11)17(20)21/h1-8,16H,(H,18,19). The summed E-state index contributed by atoms with van der Waals surface area (Å²) in [7, 11) is 0. The van der Waals surface area contributed by atoms with Crippen molar-refractivity contribution in [1.82, 2.24) is 4.98 Å². The molecule has 0 amide bonds. The number of hydrogen-bond donors (Lipinski definition) is 2. The number of carboxylic acids is 1. The van der Waals surface area contributed by atoms with Gasteiger partial charge in [-0.1, -0.05) is 11.8 Å². The molecule has 0 bridgehead atoms. The molecule has 22 heavy (non-hydrogen) atoms. The van der Waals surface area contributed by atoms with E-state index in [1.165, 1.54) is 23.9 Å². The first kappa shape index (κ1) is 14.2. The molecule has 0 unspecified atom stereocenters. The summed E-state index contributed by atoms with van der Waals surface area (Å²) in [4.78, 5) is 25.8. The number of carboxylic acid groups (broad SMARTS) is 1. The number of nitrogens with zero attached hydrogens (tertiary/aromatic N) is 1. The summed E-state index contributed by atoms with van der Waals surface area (Å²) in [5.41, 5.74) is 0.953. The predicted octanol–water partition coefficient (Wildman–Crippen LogP) is 3.93. The minimum atomic E-state index is -0.999. The molecule has 0 saturated heterocycles. The van der Waals surface area contributed by atoms with E-state index in [0.717, 1.165) is 20.7 Å². The molecule has 2 N–H and O–H groups in total. The second-order valence-corrected chi connectivity index (χ2v) is 5.74. The molecule has 3 aromatic rings. The van der Waals surface area contributed by atoms with Crippen LogP contribution in [0.1, 0.15) is 10.5 Å². The summed E-state index contributed by atoms with van der Waals surface area (Å²) < 4.78 is 0. The fraction of sp³-hybridized carbons (Fsp3) is 0. The van der Waals surface area contributed by atoms with Crippen molar-refractivity contribution in [2.24, 2.45) is 0 Å². The van der Waals surface area contributed by atoms with Crippen LogP contribution in [-0.2, 0) is 0 Å². The van der Waals surface area contributed by atoms with Gasteiger partial charge in [0.15, 0.2) is 0 Å². The van der Waals surface area contributed by atoms with E-state index in [2.05, 4.69) is 4.98 Å². The highest BCUT2D eigenvalue weighted by molar-refractivity contribution is 7.99. The molecule has 2 aromatic carbocycles. The smallest absolute Gasteiger partial charge is 0.352 e. The molecular weight excluding hydrogens is 304 g/mol. The van der Waals surface area contributed by atoms with Crippen molar-refractivity contribution in [2.45, 2.75) is 9.79 Å². The monoisotopic (exact) mass is 314 g/mol. The van der Waals surface area contributed by atoms with Gasteiger partial charge in [0.1, 0.15) is 5.69 Å². The van der Waals surface area contributed by atoms with Crippen LogP contribution in [-0.4, -0.2) is 21.0 Å². The Morgan fingerprint density at radius 1 is 1.09 bits per heavy atom. The van der Waals surface area contributed by atoms with Gasteiger partial charge in [-0.3, -0.25) is 10.1 Å². The number of aromatic amines is 1. The van der Waals surface area contributed by atoms with Crippen molar-refractivity contribution in [1.29, 1.82) is 0 Å². The van der Waals surface area contributed by atoms with Gasteiger partial charge in [0.05, 0.1) is 4.92 Å². The van der Waals surface area contributed by atoms with Crippen LogP contribution >= 0.6 is 11.8 Å². The number of hydrogen-bond acceptors (Lipinski definition) is 4. The van der Waals surface area contributed by atoms with Gasteiger partial charge < -0.3 is 10.1 Å². The fourth-order valence-corrected chi connectivity index (χ4v) is 2.93. The number of aromatic nitrogens is 1. The lowest BCUT2D eigenvalue weighted by Crippen LogP contribution is -1.94. The Labute approximate surface area is 128 Å². The Morgan fingerprint density at radius 3 is 2.41 bits per heavy atom. The van der Waals surface area contributed by atoms with Gasteiger partial charge in [-0.05, 0) is 36.4 Å². The lowest BCUT2D eigenvalue weighted by Gasteiger charge is -2.01. The summed E-state index contributed by atoms with van der Waals surface area (Å²) in [6.07, 6.45) is 0. The van der Waals surface area contributed by atoms with E-state index in [1.54, 1.807) is 18.2 Å². The molecule has 7 heteroatoms. The van der Waals surface area contributed by atoms with E-state index in [4.69, 9.17) is 5.11 Å². The molecule has 3 rings (SSSR count). The van der Waals surface area contributed by atoms with E-state index in [0.29, 0.717) is 0 Å². The lowest BCUT2D eigenvalue weighted by atomic mass is 10.2. The Hall–Kier alpha value is -2.80. The van der Waals surface area contributed by atoms with Gasteiger partial charge in [-0.25, -0.2) is 4.79 Å². The number of benzene rings is 2. The zero-order valence-electron chi connectivity index (χ0n) is 11.1. The molecular formula is C15H10N2O4S. The second kappa shape index (κ2) is 5.53. The highest BCUT2D eigenvalue weighted by atomic mass is 32.2. The Kier molecular flexibility index (Phi) is 3.56. The van der Waals surface area contributed by atoms with Crippen molar-refractivity contribution in [2.75, 3.05) is 0 Å². The fourth-order valence-electron chi connectivity index (χ4n) is 2.06. The average molecular weight is 314 g/mol.